The summed E-state index contributed by atoms with van der Waals surface area (Å²) >= 11 is 0. The second-order valence-corrected chi connectivity index (χ2v) is 4.75. The van der Waals surface area contributed by atoms with Crippen LogP contribution in [-0.2, 0) is 9.47 Å². The van der Waals surface area contributed by atoms with Crippen LogP contribution in [0.1, 0.15) is 20.7 Å². The smallest absolute Gasteiger partial charge is 0.340 e. The monoisotopic (exact) mass is 370 g/mol. The highest BCUT2D eigenvalue weighted by atomic mass is 19.1. The Balaban J connectivity index is 2.47. The van der Waals surface area contributed by atoms with Crippen LogP contribution < -0.4 is 0 Å². The Labute approximate surface area is 144 Å². The Kier molecular flexibility index (Phi) is 5.65. The molecule has 26 heavy (non-hydrogen) atoms. The number of halogens is 4. The molecule has 0 aromatic heterocycles. The number of benzene rings is 2. The highest BCUT2D eigenvalue weighted by Gasteiger charge is 2.18. The molecule has 136 valence electrons. The number of hydrogen-bond donors (Lipinski definition) is 0. The second-order valence-electron chi connectivity index (χ2n) is 4.75. The van der Waals surface area contributed by atoms with Crippen LogP contribution in [0.15, 0.2) is 34.5 Å². The van der Waals surface area contributed by atoms with Crippen LogP contribution in [0.2, 0.25) is 0 Å². The van der Waals surface area contributed by atoms with E-state index < -0.39 is 57.7 Å². The molecule has 2 aromatic rings. The van der Waals surface area contributed by atoms with Crippen molar-refractivity contribution < 1.29 is 36.6 Å². The van der Waals surface area contributed by atoms with Crippen LogP contribution in [0.25, 0.3) is 0 Å². The zero-order valence-electron chi connectivity index (χ0n) is 13.3. The summed E-state index contributed by atoms with van der Waals surface area (Å²) in [5, 5.41) is 6.74. The molecule has 6 nitrogen and oxygen atoms in total. The van der Waals surface area contributed by atoms with Gasteiger partial charge in [0, 0.05) is 12.1 Å². The second kappa shape index (κ2) is 7.72. The summed E-state index contributed by atoms with van der Waals surface area (Å²) in [6.07, 6.45) is 0. The minimum atomic E-state index is -1.19. The number of methoxy groups -OCH3 is 2. The van der Waals surface area contributed by atoms with Gasteiger partial charge in [-0.2, -0.15) is 0 Å². The summed E-state index contributed by atoms with van der Waals surface area (Å²) in [6.45, 7) is 0. The van der Waals surface area contributed by atoms with Crippen molar-refractivity contribution in [3.8, 4) is 0 Å². The summed E-state index contributed by atoms with van der Waals surface area (Å²) in [5.74, 6) is -6.91. The number of ether oxygens (including phenoxy) is 2. The normalized spacial score (nSPS) is 10.8. The first-order chi connectivity index (χ1) is 12.3. The fourth-order valence-electron chi connectivity index (χ4n) is 1.87. The third-order valence-electron chi connectivity index (χ3n) is 3.15. The predicted molar refractivity (Wildman–Crippen MR) is 79.6 cm³/mol. The van der Waals surface area contributed by atoms with Crippen molar-refractivity contribution in [1.29, 1.82) is 0 Å². The molecule has 0 saturated carbocycles. The van der Waals surface area contributed by atoms with Crippen molar-refractivity contribution in [1.82, 2.24) is 0 Å². The number of esters is 2. The summed E-state index contributed by atoms with van der Waals surface area (Å²) in [4.78, 5) is 22.8. The van der Waals surface area contributed by atoms with Gasteiger partial charge in [-0.25, -0.2) is 27.2 Å². The van der Waals surface area contributed by atoms with E-state index in [9.17, 15) is 27.2 Å². The van der Waals surface area contributed by atoms with Gasteiger partial charge in [-0.15, -0.1) is 10.2 Å². The van der Waals surface area contributed by atoms with Gasteiger partial charge in [0.1, 0.15) is 23.0 Å². The number of carbonyl (C=O) groups excluding carboxylic acids is 2. The topological polar surface area (TPSA) is 77.3 Å². The molecule has 0 atom stereocenters. The number of rotatable bonds is 4. The van der Waals surface area contributed by atoms with Gasteiger partial charge in [-0.1, -0.05) is 0 Å². The molecule has 2 aromatic carbocycles. The molecule has 0 aliphatic carbocycles. The van der Waals surface area contributed by atoms with Crippen molar-refractivity contribution in [2.24, 2.45) is 10.2 Å². The van der Waals surface area contributed by atoms with Gasteiger partial charge in [0.15, 0.2) is 11.6 Å². The summed E-state index contributed by atoms with van der Waals surface area (Å²) in [5.41, 5.74) is -2.43. The summed E-state index contributed by atoms with van der Waals surface area (Å²) in [6, 6.07) is 2.17. The van der Waals surface area contributed by atoms with Crippen molar-refractivity contribution in [2.75, 3.05) is 14.2 Å². The van der Waals surface area contributed by atoms with Crippen LogP contribution >= 0.6 is 0 Å². The Morgan fingerprint density at radius 1 is 0.692 bits per heavy atom. The highest BCUT2D eigenvalue weighted by Crippen LogP contribution is 2.28. The predicted octanol–water partition coefficient (Wildman–Crippen LogP) is 4.23. The quantitative estimate of drug-likeness (QED) is 0.458. The lowest BCUT2D eigenvalue weighted by Crippen LogP contribution is -2.05. The molecule has 0 heterocycles. The first kappa shape index (κ1) is 19.0. The molecule has 0 aliphatic heterocycles. The number of carbonyl (C=O) groups is 2. The molecular weight excluding hydrogens is 360 g/mol. The fourth-order valence-corrected chi connectivity index (χ4v) is 1.87. The molecule has 0 amide bonds. The average Bonchev–Trinajstić information content (AvgIpc) is 2.61. The van der Waals surface area contributed by atoms with Crippen LogP contribution in [0.3, 0.4) is 0 Å². The first-order valence-electron chi connectivity index (χ1n) is 6.85. The average molecular weight is 370 g/mol. The van der Waals surface area contributed by atoms with E-state index in [-0.39, 0.29) is 0 Å². The first-order valence-corrected chi connectivity index (χ1v) is 6.85. The molecule has 0 radical (unpaired) electrons. The Morgan fingerprint density at radius 3 is 1.35 bits per heavy atom. The minimum absolute atomic E-state index is 0.376. The lowest BCUT2D eigenvalue weighted by atomic mass is 10.2. The van der Waals surface area contributed by atoms with E-state index in [1.165, 1.54) is 0 Å². The lowest BCUT2D eigenvalue weighted by molar-refractivity contribution is 0.0586. The van der Waals surface area contributed by atoms with Gasteiger partial charge in [-0.05, 0) is 12.1 Å². The number of nitrogens with zero attached hydrogens (tertiary/aromatic N) is 2. The molecule has 0 N–H and O–H groups in total. The van der Waals surface area contributed by atoms with Crippen LogP contribution in [-0.4, -0.2) is 26.2 Å². The molecule has 0 fully saturated rings. The molecule has 2 rings (SSSR count). The van der Waals surface area contributed by atoms with Gasteiger partial charge in [0.2, 0.25) is 0 Å². The van der Waals surface area contributed by atoms with Crippen molar-refractivity contribution >= 4 is 23.3 Å². The van der Waals surface area contributed by atoms with Crippen molar-refractivity contribution in [3.05, 3.63) is 58.7 Å². The number of hydrogen-bond acceptors (Lipinski definition) is 6. The van der Waals surface area contributed by atoms with Crippen LogP contribution in [0.5, 0.6) is 0 Å². The Bertz CT molecular complexity index is 842. The van der Waals surface area contributed by atoms with Gasteiger partial charge >= 0.3 is 11.9 Å². The SMILES string of the molecule is COC(=O)c1cc(N=Nc2cc(C(=O)OC)c(F)cc2F)c(F)cc1F. The van der Waals surface area contributed by atoms with Gasteiger partial charge in [0.05, 0.1) is 25.3 Å². The molecule has 0 unspecified atom stereocenters. The maximum absolute atomic E-state index is 13.8. The van der Waals surface area contributed by atoms with E-state index in [4.69, 9.17) is 0 Å². The molecule has 0 aliphatic rings. The lowest BCUT2D eigenvalue weighted by Gasteiger charge is -2.04. The van der Waals surface area contributed by atoms with Crippen molar-refractivity contribution in [2.45, 2.75) is 0 Å². The van der Waals surface area contributed by atoms with E-state index in [0.29, 0.717) is 24.3 Å². The maximum atomic E-state index is 13.8. The van der Waals surface area contributed by atoms with E-state index in [2.05, 4.69) is 19.7 Å². The largest absolute Gasteiger partial charge is 0.465 e. The van der Waals surface area contributed by atoms with Crippen LogP contribution in [0, 0.1) is 23.3 Å². The van der Waals surface area contributed by atoms with Gasteiger partial charge in [-0.3, -0.25) is 0 Å². The summed E-state index contributed by atoms with van der Waals surface area (Å²) < 4.78 is 63.3. The van der Waals surface area contributed by atoms with Crippen LogP contribution in [0.4, 0.5) is 28.9 Å². The zero-order valence-corrected chi connectivity index (χ0v) is 13.3. The Hall–Kier alpha value is -3.30. The van der Waals surface area contributed by atoms with E-state index in [1.807, 2.05) is 0 Å². The fraction of sp³-hybridized carbons (Fsp3) is 0.125. The third-order valence-corrected chi connectivity index (χ3v) is 3.15. The van der Waals surface area contributed by atoms with Gasteiger partial charge in [0.25, 0.3) is 0 Å². The van der Waals surface area contributed by atoms with E-state index in [0.717, 1.165) is 14.2 Å². The van der Waals surface area contributed by atoms with Gasteiger partial charge < -0.3 is 9.47 Å². The number of azo groups is 1. The third kappa shape index (κ3) is 3.85. The molecule has 0 bridgehead atoms. The van der Waals surface area contributed by atoms with E-state index >= 15 is 0 Å². The van der Waals surface area contributed by atoms with Crippen molar-refractivity contribution in [3.63, 3.8) is 0 Å². The molecule has 10 heteroatoms. The Morgan fingerprint density at radius 2 is 1.04 bits per heavy atom. The molecule has 0 spiro atoms. The highest BCUT2D eigenvalue weighted by molar-refractivity contribution is 5.91. The maximum Gasteiger partial charge on any atom is 0.340 e. The summed E-state index contributed by atoms with van der Waals surface area (Å²) in [7, 11) is 1.99. The molecular formula is C16H10F4N2O4. The minimum Gasteiger partial charge on any atom is -0.465 e. The zero-order chi connectivity index (χ0) is 19.4. The molecule has 0 saturated heterocycles. The standard InChI is InChI=1S/C16H10F4N2O4/c1-25-15(23)7-3-13(11(19)5-9(7)17)21-22-14-4-8(16(24)26-2)10(18)6-12(14)20/h3-6H,1-2H3. The van der Waals surface area contributed by atoms with E-state index in [1.54, 1.807) is 0 Å².